The third-order valence-electron chi connectivity index (χ3n) is 3.57. The van der Waals surface area contributed by atoms with Crippen molar-refractivity contribution < 1.29 is 14.6 Å². The number of hydrogen-bond acceptors (Lipinski definition) is 3. The van der Waals surface area contributed by atoms with E-state index in [0.717, 1.165) is 24.9 Å². The summed E-state index contributed by atoms with van der Waals surface area (Å²) in [6, 6.07) is 7.27. The van der Waals surface area contributed by atoms with Gasteiger partial charge in [-0.15, -0.1) is 0 Å². The summed E-state index contributed by atoms with van der Waals surface area (Å²) in [4.78, 5) is 10.9. The monoisotopic (exact) mass is 233 g/mol. The molecule has 2 N–H and O–H groups in total. The molecule has 0 aromatic heterocycles. The van der Waals surface area contributed by atoms with Crippen LogP contribution in [-0.4, -0.2) is 29.3 Å². The minimum Gasteiger partial charge on any atom is -0.478 e. The number of carboxylic acid groups (broad SMARTS) is 1. The van der Waals surface area contributed by atoms with Crippen molar-refractivity contribution in [3.63, 3.8) is 0 Å². The Morgan fingerprint density at radius 1 is 1.41 bits per heavy atom. The van der Waals surface area contributed by atoms with Gasteiger partial charge in [0.1, 0.15) is 0 Å². The highest BCUT2D eigenvalue weighted by atomic mass is 16.5. The van der Waals surface area contributed by atoms with Gasteiger partial charge in [0.25, 0.3) is 0 Å². The van der Waals surface area contributed by atoms with E-state index >= 15 is 0 Å². The average molecular weight is 233 g/mol. The Hall–Kier alpha value is -1.55. The Morgan fingerprint density at radius 3 is 2.94 bits per heavy atom. The molecule has 4 nitrogen and oxygen atoms in total. The van der Waals surface area contributed by atoms with Crippen LogP contribution in [0.4, 0.5) is 5.69 Å². The summed E-state index contributed by atoms with van der Waals surface area (Å²) in [7, 11) is 0. The lowest BCUT2D eigenvalue weighted by Crippen LogP contribution is -2.30. The standard InChI is InChI=1S/C13H15NO3/c15-13(16)8-2-1-3-9(6-8)14-11-7-10-4-5-12(11)17-10/h1-3,6,10-12,14H,4-5,7H2,(H,15,16). The molecule has 0 saturated carbocycles. The summed E-state index contributed by atoms with van der Waals surface area (Å²) >= 11 is 0. The van der Waals surface area contributed by atoms with Crippen LogP contribution in [0.3, 0.4) is 0 Å². The van der Waals surface area contributed by atoms with Crippen molar-refractivity contribution in [2.45, 2.75) is 37.5 Å². The molecule has 3 rings (SSSR count). The summed E-state index contributed by atoms with van der Waals surface area (Å²) in [5, 5.41) is 12.3. The maximum absolute atomic E-state index is 10.9. The fourth-order valence-electron chi connectivity index (χ4n) is 2.75. The van der Waals surface area contributed by atoms with E-state index in [1.165, 1.54) is 0 Å². The first-order valence-electron chi connectivity index (χ1n) is 5.98. The summed E-state index contributed by atoms with van der Waals surface area (Å²) in [6.07, 6.45) is 4.01. The molecule has 4 heteroatoms. The fraction of sp³-hybridized carbons (Fsp3) is 0.462. The first-order chi connectivity index (χ1) is 8.22. The van der Waals surface area contributed by atoms with Crippen LogP contribution in [0.1, 0.15) is 29.6 Å². The molecule has 0 spiro atoms. The number of carboxylic acids is 1. The van der Waals surface area contributed by atoms with E-state index in [1.807, 2.05) is 6.07 Å². The number of anilines is 1. The summed E-state index contributed by atoms with van der Waals surface area (Å²) in [6.45, 7) is 0. The van der Waals surface area contributed by atoms with E-state index in [1.54, 1.807) is 18.2 Å². The second-order valence-corrected chi connectivity index (χ2v) is 4.75. The fourth-order valence-corrected chi connectivity index (χ4v) is 2.75. The Labute approximate surface area is 99.6 Å². The lowest BCUT2D eigenvalue weighted by molar-refractivity contribution is 0.0697. The van der Waals surface area contributed by atoms with Crippen molar-refractivity contribution in [1.29, 1.82) is 0 Å². The molecular weight excluding hydrogens is 218 g/mol. The van der Waals surface area contributed by atoms with Gasteiger partial charge in [0.2, 0.25) is 0 Å². The van der Waals surface area contributed by atoms with Gasteiger partial charge in [0, 0.05) is 5.69 Å². The lowest BCUT2D eigenvalue weighted by Gasteiger charge is -2.21. The largest absolute Gasteiger partial charge is 0.478 e. The first kappa shape index (κ1) is 10.6. The van der Waals surface area contributed by atoms with Crippen molar-refractivity contribution >= 4 is 11.7 Å². The van der Waals surface area contributed by atoms with Gasteiger partial charge in [0.05, 0.1) is 23.8 Å². The van der Waals surface area contributed by atoms with Gasteiger partial charge in [-0.2, -0.15) is 0 Å². The van der Waals surface area contributed by atoms with Crippen molar-refractivity contribution in [3.05, 3.63) is 29.8 Å². The molecule has 2 bridgehead atoms. The number of aromatic carboxylic acids is 1. The number of hydrogen-bond donors (Lipinski definition) is 2. The molecule has 1 aromatic rings. The number of ether oxygens (including phenoxy) is 1. The minimum atomic E-state index is -0.891. The Balaban J connectivity index is 1.73. The Bertz CT molecular complexity index is 446. The molecule has 90 valence electrons. The molecule has 3 unspecified atom stereocenters. The Morgan fingerprint density at radius 2 is 2.29 bits per heavy atom. The van der Waals surface area contributed by atoms with Crippen LogP contribution in [0.15, 0.2) is 24.3 Å². The molecular formula is C13H15NO3. The molecule has 0 amide bonds. The number of carbonyl (C=O) groups is 1. The van der Waals surface area contributed by atoms with E-state index in [4.69, 9.17) is 9.84 Å². The lowest BCUT2D eigenvalue weighted by atomic mass is 9.95. The normalized spacial score (nSPS) is 30.5. The van der Waals surface area contributed by atoms with Crippen molar-refractivity contribution in [2.24, 2.45) is 0 Å². The zero-order valence-electron chi connectivity index (χ0n) is 9.43. The van der Waals surface area contributed by atoms with E-state index in [2.05, 4.69) is 5.32 Å². The Kier molecular flexibility index (Phi) is 2.52. The number of rotatable bonds is 3. The number of benzene rings is 1. The molecule has 3 atom stereocenters. The number of nitrogens with one attached hydrogen (secondary N) is 1. The van der Waals surface area contributed by atoms with Crippen LogP contribution in [0.25, 0.3) is 0 Å². The third kappa shape index (κ3) is 2.00. The van der Waals surface area contributed by atoms with Crippen molar-refractivity contribution in [3.8, 4) is 0 Å². The summed E-state index contributed by atoms with van der Waals surface area (Å²) in [5.41, 5.74) is 1.19. The summed E-state index contributed by atoms with van der Waals surface area (Å²) < 4.78 is 5.76. The summed E-state index contributed by atoms with van der Waals surface area (Å²) in [5.74, 6) is -0.891. The maximum atomic E-state index is 10.9. The molecule has 2 aliphatic heterocycles. The van der Waals surface area contributed by atoms with E-state index in [0.29, 0.717) is 23.8 Å². The minimum absolute atomic E-state index is 0.300. The second-order valence-electron chi connectivity index (χ2n) is 4.75. The maximum Gasteiger partial charge on any atom is 0.335 e. The van der Waals surface area contributed by atoms with Gasteiger partial charge >= 0.3 is 5.97 Å². The SMILES string of the molecule is O=C(O)c1cccc(NC2CC3CCC2O3)c1. The van der Waals surface area contributed by atoms with Crippen LogP contribution < -0.4 is 5.32 Å². The van der Waals surface area contributed by atoms with Gasteiger partial charge in [-0.3, -0.25) is 0 Å². The van der Waals surface area contributed by atoms with Gasteiger partial charge in [-0.25, -0.2) is 4.79 Å². The highest BCUT2D eigenvalue weighted by Gasteiger charge is 2.40. The topological polar surface area (TPSA) is 58.6 Å². The molecule has 2 saturated heterocycles. The molecule has 0 radical (unpaired) electrons. The molecule has 2 fully saturated rings. The molecule has 17 heavy (non-hydrogen) atoms. The quantitative estimate of drug-likeness (QED) is 0.839. The first-order valence-corrected chi connectivity index (χ1v) is 5.98. The van der Waals surface area contributed by atoms with E-state index < -0.39 is 5.97 Å². The van der Waals surface area contributed by atoms with Gasteiger partial charge in [-0.1, -0.05) is 6.07 Å². The third-order valence-corrected chi connectivity index (χ3v) is 3.57. The predicted molar refractivity (Wildman–Crippen MR) is 63.3 cm³/mol. The van der Waals surface area contributed by atoms with Gasteiger partial charge in [0.15, 0.2) is 0 Å². The van der Waals surface area contributed by atoms with Gasteiger partial charge in [-0.05, 0) is 37.5 Å². The molecule has 1 aromatic carbocycles. The zero-order chi connectivity index (χ0) is 11.8. The van der Waals surface area contributed by atoms with Crippen molar-refractivity contribution in [2.75, 3.05) is 5.32 Å². The highest BCUT2D eigenvalue weighted by Crippen LogP contribution is 2.35. The van der Waals surface area contributed by atoms with Crippen LogP contribution in [0.2, 0.25) is 0 Å². The zero-order valence-corrected chi connectivity index (χ0v) is 9.43. The number of fused-ring (bicyclic) bond motifs is 2. The van der Waals surface area contributed by atoms with Crippen molar-refractivity contribution in [1.82, 2.24) is 0 Å². The van der Waals surface area contributed by atoms with E-state index in [-0.39, 0.29) is 0 Å². The smallest absolute Gasteiger partial charge is 0.335 e. The van der Waals surface area contributed by atoms with Crippen LogP contribution >= 0.6 is 0 Å². The average Bonchev–Trinajstić information content (AvgIpc) is 2.91. The second kappa shape index (κ2) is 4.04. The van der Waals surface area contributed by atoms with Crippen LogP contribution in [0, 0.1) is 0 Å². The molecule has 2 aliphatic rings. The van der Waals surface area contributed by atoms with Gasteiger partial charge < -0.3 is 15.2 Å². The van der Waals surface area contributed by atoms with Crippen LogP contribution in [0.5, 0.6) is 0 Å². The van der Waals surface area contributed by atoms with E-state index in [9.17, 15) is 4.79 Å². The van der Waals surface area contributed by atoms with Crippen LogP contribution in [-0.2, 0) is 4.74 Å². The molecule has 0 aliphatic carbocycles. The highest BCUT2D eigenvalue weighted by molar-refractivity contribution is 5.88. The predicted octanol–water partition coefficient (Wildman–Crippen LogP) is 2.12. The molecule has 2 heterocycles.